The Labute approximate surface area is 207 Å². The van der Waals surface area contributed by atoms with E-state index in [2.05, 4.69) is 20.4 Å². The second-order valence-electron chi connectivity index (χ2n) is 9.20. The Kier molecular flexibility index (Phi) is 7.18. The maximum Gasteiger partial charge on any atom is 0.416 e. The number of benzene rings is 2. The standard InChI is InChI=1S/C25H30F3N5O3/c1-3-32(19-6-4-18(5-7-19)25(26,27)28)20-10-14-31(15-11-20)21-8-9-23(22(16-21)33(34)35)36-17-24(2)29-12-13-30-24/h4-9,12-13,16,20,29-30H,3,10-11,14-15,17H2,1-2H3. The number of rotatable bonds is 8. The van der Waals surface area contributed by atoms with E-state index in [-0.39, 0.29) is 24.1 Å². The molecule has 0 spiro atoms. The number of nitrogens with zero attached hydrogens (tertiary/aromatic N) is 3. The smallest absolute Gasteiger partial charge is 0.416 e. The minimum Gasteiger partial charge on any atom is -0.482 e. The topological polar surface area (TPSA) is 82.9 Å². The lowest BCUT2D eigenvalue weighted by Crippen LogP contribution is -2.50. The SMILES string of the molecule is CCN(c1ccc(C(F)(F)F)cc1)C1CCN(c2ccc(OCC3(C)NC=CN3)c([N+](=O)[O-])c2)CC1. The van der Waals surface area contributed by atoms with Gasteiger partial charge in [0, 0.05) is 55.5 Å². The summed E-state index contributed by atoms with van der Waals surface area (Å²) in [6.07, 6.45) is 0.709. The van der Waals surface area contributed by atoms with Crippen LogP contribution in [0.4, 0.5) is 30.2 Å². The zero-order valence-electron chi connectivity index (χ0n) is 20.2. The van der Waals surface area contributed by atoms with Gasteiger partial charge < -0.3 is 25.2 Å². The van der Waals surface area contributed by atoms with Gasteiger partial charge >= 0.3 is 11.9 Å². The van der Waals surface area contributed by atoms with Crippen molar-refractivity contribution in [2.45, 2.75) is 44.6 Å². The summed E-state index contributed by atoms with van der Waals surface area (Å²) >= 11 is 0. The van der Waals surface area contributed by atoms with Gasteiger partial charge in [0.15, 0.2) is 5.75 Å². The Hall–Kier alpha value is -3.63. The number of nitrogens with one attached hydrogen (secondary N) is 2. The second-order valence-corrected chi connectivity index (χ2v) is 9.20. The highest BCUT2D eigenvalue weighted by Crippen LogP contribution is 2.35. The van der Waals surface area contributed by atoms with E-state index in [1.807, 2.05) is 19.9 Å². The number of piperidine rings is 1. The first-order valence-corrected chi connectivity index (χ1v) is 11.9. The number of alkyl halides is 3. The van der Waals surface area contributed by atoms with Crippen LogP contribution in [0.5, 0.6) is 5.75 Å². The molecule has 36 heavy (non-hydrogen) atoms. The lowest BCUT2D eigenvalue weighted by atomic mass is 10.0. The summed E-state index contributed by atoms with van der Waals surface area (Å²) in [5.41, 5.74) is 0.218. The molecule has 2 aromatic carbocycles. The van der Waals surface area contributed by atoms with Gasteiger partial charge in [0.2, 0.25) is 0 Å². The van der Waals surface area contributed by atoms with Crippen LogP contribution in [0.1, 0.15) is 32.3 Å². The molecule has 0 radical (unpaired) electrons. The number of hydrogen-bond acceptors (Lipinski definition) is 7. The third kappa shape index (κ3) is 5.60. The van der Waals surface area contributed by atoms with Gasteiger partial charge in [0.1, 0.15) is 12.3 Å². The van der Waals surface area contributed by atoms with E-state index >= 15 is 0 Å². The Morgan fingerprint density at radius 1 is 1.14 bits per heavy atom. The molecule has 0 amide bonds. The summed E-state index contributed by atoms with van der Waals surface area (Å²) in [6, 6.07) is 10.4. The molecular formula is C25H30F3N5O3. The van der Waals surface area contributed by atoms with Crippen molar-refractivity contribution in [1.82, 2.24) is 10.6 Å². The van der Waals surface area contributed by atoms with Crippen LogP contribution in [0, 0.1) is 10.1 Å². The van der Waals surface area contributed by atoms with Gasteiger partial charge in [-0.2, -0.15) is 13.2 Å². The molecule has 1 fully saturated rings. The Morgan fingerprint density at radius 3 is 2.33 bits per heavy atom. The van der Waals surface area contributed by atoms with Crippen molar-refractivity contribution in [2.24, 2.45) is 0 Å². The molecule has 2 aliphatic rings. The van der Waals surface area contributed by atoms with Crippen LogP contribution in [-0.2, 0) is 6.18 Å². The van der Waals surface area contributed by atoms with E-state index in [4.69, 9.17) is 4.74 Å². The third-order valence-electron chi connectivity index (χ3n) is 6.68. The normalized spacial score (nSPS) is 17.4. The average Bonchev–Trinajstić information content (AvgIpc) is 3.30. The van der Waals surface area contributed by atoms with Gasteiger partial charge in [0.05, 0.1) is 10.5 Å². The largest absolute Gasteiger partial charge is 0.482 e. The zero-order chi connectivity index (χ0) is 25.9. The molecule has 0 unspecified atom stereocenters. The van der Waals surface area contributed by atoms with Gasteiger partial charge in [-0.25, -0.2) is 0 Å². The van der Waals surface area contributed by atoms with Crippen molar-refractivity contribution in [2.75, 3.05) is 36.0 Å². The van der Waals surface area contributed by atoms with Crippen molar-refractivity contribution in [3.05, 3.63) is 70.5 Å². The summed E-state index contributed by atoms with van der Waals surface area (Å²) < 4.78 is 44.5. The van der Waals surface area contributed by atoms with Crippen LogP contribution in [0.3, 0.4) is 0 Å². The van der Waals surface area contributed by atoms with E-state index in [1.165, 1.54) is 12.1 Å². The van der Waals surface area contributed by atoms with Gasteiger partial charge in [0.25, 0.3) is 0 Å². The molecule has 0 atom stereocenters. The van der Waals surface area contributed by atoms with Crippen LogP contribution in [-0.4, -0.2) is 42.9 Å². The molecule has 1 saturated heterocycles. The number of halogens is 3. The summed E-state index contributed by atoms with van der Waals surface area (Å²) in [7, 11) is 0. The Balaban J connectivity index is 1.40. The molecule has 0 saturated carbocycles. The number of nitro groups is 1. The van der Waals surface area contributed by atoms with Crippen LogP contribution < -0.4 is 25.2 Å². The second kappa shape index (κ2) is 10.2. The Bertz CT molecular complexity index is 1090. The fraction of sp³-hybridized carbons (Fsp3) is 0.440. The van der Waals surface area contributed by atoms with Crippen molar-refractivity contribution in [3.8, 4) is 5.75 Å². The van der Waals surface area contributed by atoms with E-state index < -0.39 is 22.3 Å². The summed E-state index contributed by atoms with van der Waals surface area (Å²) in [5.74, 6) is 0.204. The molecule has 2 aromatic rings. The maximum atomic E-state index is 12.9. The zero-order valence-corrected chi connectivity index (χ0v) is 20.2. The van der Waals surface area contributed by atoms with Crippen LogP contribution in [0.2, 0.25) is 0 Å². The quantitative estimate of drug-likeness (QED) is 0.391. The lowest BCUT2D eigenvalue weighted by Gasteiger charge is -2.40. The van der Waals surface area contributed by atoms with Crippen molar-refractivity contribution in [3.63, 3.8) is 0 Å². The molecule has 2 aliphatic heterocycles. The number of hydrogen-bond donors (Lipinski definition) is 2. The molecule has 194 valence electrons. The van der Waals surface area contributed by atoms with Crippen LogP contribution in [0.25, 0.3) is 0 Å². The molecule has 2 N–H and O–H groups in total. The minimum atomic E-state index is -4.36. The molecule has 0 aliphatic carbocycles. The summed E-state index contributed by atoms with van der Waals surface area (Å²) in [5, 5.41) is 18.0. The van der Waals surface area contributed by atoms with E-state index in [0.29, 0.717) is 19.6 Å². The first-order valence-electron chi connectivity index (χ1n) is 11.9. The minimum absolute atomic E-state index is 0.0934. The molecule has 2 heterocycles. The number of anilines is 2. The Morgan fingerprint density at radius 2 is 1.78 bits per heavy atom. The van der Waals surface area contributed by atoms with E-state index in [1.54, 1.807) is 24.5 Å². The summed E-state index contributed by atoms with van der Waals surface area (Å²) in [4.78, 5) is 15.5. The van der Waals surface area contributed by atoms with Gasteiger partial charge in [-0.15, -0.1) is 0 Å². The first-order chi connectivity index (χ1) is 17.1. The molecule has 0 bridgehead atoms. The fourth-order valence-corrected chi connectivity index (χ4v) is 4.69. The van der Waals surface area contributed by atoms with E-state index in [9.17, 15) is 23.3 Å². The maximum absolute atomic E-state index is 12.9. The van der Waals surface area contributed by atoms with Crippen LogP contribution in [0.15, 0.2) is 54.9 Å². The van der Waals surface area contributed by atoms with Gasteiger partial charge in [-0.1, -0.05) is 0 Å². The first kappa shape index (κ1) is 25.5. The predicted molar refractivity (Wildman–Crippen MR) is 132 cm³/mol. The van der Waals surface area contributed by atoms with Gasteiger partial charge in [-0.05, 0) is 63.1 Å². The molecule has 0 aromatic heterocycles. The van der Waals surface area contributed by atoms with Gasteiger partial charge in [-0.3, -0.25) is 10.1 Å². The molecule has 11 heteroatoms. The van der Waals surface area contributed by atoms with Crippen molar-refractivity contribution >= 4 is 17.1 Å². The highest BCUT2D eigenvalue weighted by atomic mass is 19.4. The predicted octanol–water partition coefficient (Wildman–Crippen LogP) is 4.87. The fourth-order valence-electron chi connectivity index (χ4n) is 4.69. The monoisotopic (exact) mass is 505 g/mol. The van der Waals surface area contributed by atoms with Crippen LogP contribution >= 0.6 is 0 Å². The number of ether oxygens (including phenoxy) is 1. The summed E-state index contributed by atoms with van der Waals surface area (Å²) in [6.45, 7) is 6.10. The molecule has 8 nitrogen and oxygen atoms in total. The molecular weight excluding hydrogens is 475 g/mol. The van der Waals surface area contributed by atoms with E-state index in [0.717, 1.165) is 36.3 Å². The lowest BCUT2D eigenvalue weighted by molar-refractivity contribution is -0.385. The molecule has 4 rings (SSSR count). The van der Waals surface area contributed by atoms with Crippen molar-refractivity contribution in [1.29, 1.82) is 0 Å². The third-order valence-corrected chi connectivity index (χ3v) is 6.68. The highest BCUT2D eigenvalue weighted by molar-refractivity contribution is 5.60. The van der Waals surface area contributed by atoms with Crippen molar-refractivity contribution < 1.29 is 22.8 Å². The number of nitro benzene ring substituents is 1. The highest BCUT2D eigenvalue weighted by Gasteiger charge is 2.31. The average molecular weight is 506 g/mol.